The van der Waals surface area contributed by atoms with Gasteiger partial charge in [0.2, 0.25) is 0 Å². The summed E-state index contributed by atoms with van der Waals surface area (Å²) in [5, 5.41) is 22.0. The van der Waals surface area contributed by atoms with E-state index < -0.39 is 5.97 Å². The number of carbonyl (C=O) groups is 3. The summed E-state index contributed by atoms with van der Waals surface area (Å²) in [4.78, 5) is 43.2. The Bertz CT molecular complexity index is 2010. The molecule has 4 aliphatic rings. The van der Waals surface area contributed by atoms with Crippen LogP contribution in [0.25, 0.3) is 0 Å². The maximum absolute atomic E-state index is 13.6. The van der Waals surface area contributed by atoms with Crippen LogP contribution in [0.4, 0.5) is 5.69 Å². The zero-order valence-electron chi connectivity index (χ0n) is 33.1. The van der Waals surface area contributed by atoms with Crippen LogP contribution in [-0.4, -0.2) is 92.4 Å². The Labute approximate surface area is 328 Å². The number of amides is 1. The van der Waals surface area contributed by atoms with E-state index >= 15 is 0 Å². The van der Waals surface area contributed by atoms with E-state index in [4.69, 9.17) is 18.9 Å². The number of ketones is 1. The first-order chi connectivity index (χ1) is 26.7. The zero-order valence-corrected chi connectivity index (χ0v) is 33.1. The van der Waals surface area contributed by atoms with Crippen molar-refractivity contribution in [2.75, 3.05) is 45.3 Å². The Hall–Kier alpha value is -5.28. The fraction of sp³-hybridized carbons (Fsp3) is 0.500. The Morgan fingerprint density at radius 3 is 2.11 bits per heavy atom. The van der Waals surface area contributed by atoms with E-state index in [2.05, 4.69) is 48.9 Å². The number of rotatable bonds is 11. The summed E-state index contributed by atoms with van der Waals surface area (Å²) in [5.41, 5.74) is 1.09. The molecular weight excluding hydrogens is 713 g/mol. The topological polar surface area (TPSA) is 151 Å². The number of hydrogen-bond donors (Lipinski definition) is 2. The molecule has 7 rings (SSSR count). The van der Waals surface area contributed by atoms with Gasteiger partial charge < -0.3 is 34.3 Å². The quantitative estimate of drug-likeness (QED) is 0.225. The Kier molecular flexibility index (Phi) is 10.4. The van der Waals surface area contributed by atoms with Gasteiger partial charge in [0, 0.05) is 97.2 Å². The normalized spacial score (nSPS) is 24.9. The average Bonchev–Trinajstić information content (AvgIpc) is 3.18. The van der Waals surface area contributed by atoms with E-state index in [1.807, 2.05) is 24.3 Å². The molecule has 4 fully saturated rings. The molecule has 296 valence electrons. The maximum atomic E-state index is 13.6. The van der Waals surface area contributed by atoms with Gasteiger partial charge in [0.15, 0.2) is 0 Å². The van der Waals surface area contributed by atoms with Gasteiger partial charge in [0.1, 0.15) is 52.6 Å². The molecule has 3 aromatic carbocycles. The minimum absolute atomic E-state index is 0.0311. The monoisotopic (exact) mass is 764 g/mol. The number of methoxy groups -OCH3 is 2. The Morgan fingerprint density at radius 2 is 1.48 bits per heavy atom. The van der Waals surface area contributed by atoms with E-state index in [9.17, 15) is 24.8 Å². The number of piperidine rings is 2. The van der Waals surface area contributed by atoms with E-state index in [0.29, 0.717) is 46.6 Å². The van der Waals surface area contributed by atoms with Crippen LogP contribution in [0, 0.1) is 27.6 Å². The Morgan fingerprint density at radius 1 is 0.857 bits per heavy atom. The standard InChI is InChI=1S/C44H52N4O8/c1-42(2)40(43(3,4)41(42)56-32-12-9-28(25-45)35(23-32)53-5)46-38(50)27-7-10-29(11-8-27)47-19-16-44(17-20-47)26-48(18-15-37(44)49)30-21-33(22-30)55-31-13-14-34(39(51)52)36(24-31)54-6/h7-14,23-24,30,33,40-41H,15-22,26H2,1-6H3,(H,46,50)(H,51,52). The van der Waals surface area contributed by atoms with Crippen LogP contribution < -0.4 is 29.2 Å². The van der Waals surface area contributed by atoms with Crippen LogP contribution in [-0.2, 0) is 4.79 Å². The summed E-state index contributed by atoms with van der Waals surface area (Å²) in [7, 11) is 2.98. The lowest BCUT2D eigenvalue weighted by Gasteiger charge is -2.63. The molecule has 1 spiro atoms. The molecule has 0 unspecified atom stereocenters. The first-order valence-corrected chi connectivity index (χ1v) is 19.4. The second-order valence-electron chi connectivity index (χ2n) is 17.0. The minimum Gasteiger partial charge on any atom is -0.496 e. The molecule has 2 N–H and O–H groups in total. The molecule has 56 heavy (non-hydrogen) atoms. The van der Waals surface area contributed by atoms with Gasteiger partial charge in [-0.3, -0.25) is 14.5 Å². The van der Waals surface area contributed by atoms with Gasteiger partial charge in [-0.1, -0.05) is 27.7 Å². The second-order valence-corrected chi connectivity index (χ2v) is 17.0. The molecular formula is C44H52N4O8. The minimum atomic E-state index is -1.04. The summed E-state index contributed by atoms with van der Waals surface area (Å²) in [6, 6.07) is 20.1. The molecule has 2 saturated heterocycles. The van der Waals surface area contributed by atoms with Gasteiger partial charge in [0.25, 0.3) is 5.91 Å². The van der Waals surface area contributed by atoms with Crippen LogP contribution >= 0.6 is 0 Å². The number of nitrogens with one attached hydrogen (secondary N) is 1. The fourth-order valence-electron chi connectivity index (χ4n) is 9.87. The smallest absolute Gasteiger partial charge is 0.339 e. The molecule has 2 saturated carbocycles. The van der Waals surface area contributed by atoms with E-state index in [0.717, 1.165) is 57.5 Å². The Balaban J connectivity index is 0.906. The highest BCUT2D eigenvalue weighted by atomic mass is 16.5. The summed E-state index contributed by atoms with van der Waals surface area (Å²) in [6.07, 6.45) is 3.70. The predicted octanol–water partition coefficient (Wildman–Crippen LogP) is 6.36. The maximum Gasteiger partial charge on any atom is 0.339 e. The van der Waals surface area contributed by atoms with Crippen molar-refractivity contribution in [1.82, 2.24) is 10.2 Å². The number of carbonyl (C=O) groups excluding carboxylic acids is 2. The third-order valence-electron chi connectivity index (χ3n) is 12.9. The van der Waals surface area contributed by atoms with Crippen molar-refractivity contribution in [3.05, 3.63) is 77.4 Å². The van der Waals surface area contributed by atoms with Gasteiger partial charge in [-0.2, -0.15) is 5.26 Å². The van der Waals surface area contributed by atoms with Crippen LogP contribution in [0.15, 0.2) is 60.7 Å². The lowest BCUT2D eigenvalue weighted by Crippen LogP contribution is -2.74. The second kappa shape index (κ2) is 15.0. The van der Waals surface area contributed by atoms with Gasteiger partial charge in [0.05, 0.1) is 19.8 Å². The predicted molar refractivity (Wildman–Crippen MR) is 210 cm³/mol. The highest BCUT2D eigenvalue weighted by molar-refractivity contribution is 5.95. The number of nitriles is 1. The third kappa shape index (κ3) is 7.13. The molecule has 1 amide bonds. The summed E-state index contributed by atoms with van der Waals surface area (Å²) >= 11 is 0. The van der Waals surface area contributed by atoms with Crippen molar-refractivity contribution in [3.8, 4) is 29.1 Å². The molecule has 2 heterocycles. The number of hydrogen-bond acceptors (Lipinski definition) is 10. The van der Waals surface area contributed by atoms with E-state index in [1.165, 1.54) is 20.3 Å². The molecule has 3 aromatic rings. The van der Waals surface area contributed by atoms with Gasteiger partial charge >= 0.3 is 5.97 Å². The fourth-order valence-corrected chi connectivity index (χ4v) is 9.87. The molecule has 0 atom stereocenters. The van der Waals surface area contributed by atoms with Crippen molar-refractivity contribution in [3.63, 3.8) is 0 Å². The number of Topliss-reactive ketones (excluding diaryl/α,β-unsaturated/α-hetero) is 1. The highest BCUT2D eigenvalue weighted by Gasteiger charge is 2.64. The van der Waals surface area contributed by atoms with Crippen molar-refractivity contribution >= 4 is 23.3 Å². The number of likely N-dealkylation sites (tertiary alicyclic amines) is 1. The van der Waals surface area contributed by atoms with Crippen LogP contribution in [0.3, 0.4) is 0 Å². The number of nitrogens with zero attached hydrogens (tertiary/aromatic N) is 3. The largest absolute Gasteiger partial charge is 0.496 e. The first kappa shape index (κ1) is 39.0. The van der Waals surface area contributed by atoms with Gasteiger partial charge in [-0.25, -0.2) is 4.79 Å². The summed E-state index contributed by atoms with van der Waals surface area (Å²) < 4.78 is 23.2. The molecule has 0 radical (unpaired) electrons. The molecule has 0 aromatic heterocycles. The van der Waals surface area contributed by atoms with Crippen LogP contribution in [0.5, 0.6) is 23.0 Å². The number of anilines is 1. The highest BCUT2D eigenvalue weighted by Crippen LogP contribution is 2.56. The molecule has 12 nitrogen and oxygen atoms in total. The molecule has 0 bridgehead atoms. The molecule has 2 aliphatic heterocycles. The number of carboxylic acids is 1. The number of aromatic carboxylic acids is 1. The van der Waals surface area contributed by atoms with Gasteiger partial charge in [-0.05, 0) is 61.4 Å². The summed E-state index contributed by atoms with van der Waals surface area (Å²) in [6.45, 7) is 11.5. The number of benzene rings is 3. The third-order valence-corrected chi connectivity index (χ3v) is 12.9. The van der Waals surface area contributed by atoms with Crippen molar-refractivity contribution in [1.29, 1.82) is 5.26 Å². The lowest BCUT2D eigenvalue weighted by atomic mass is 9.49. The van der Waals surface area contributed by atoms with Crippen molar-refractivity contribution in [2.45, 2.75) is 84.1 Å². The first-order valence-electron chi connectivity index (χ1n) is 19.4. The van der Waals surface area contributed by atoms with Gasteiger partial charge in [-0.15, -0.1) is 0 Å². The van der Waals surface area contributed by atoms with Crippen molar-refractivity contribution < 1.29 is 38.4 Å². The number of ether oxygens (including phenoxy) is 4. The average molecular weight is 765 g/mol. The van der Waals surface area contributed by atoms with Crippen molar-refractivity contribution in [2.24, 2.45) is 16.2 Å². The van der Waals surface area contributed by atoms with Crippen LogP contribution in [0.1, 0.15) is 86.1 Å². The number of carboxylic acid groups (broad SMARTS) is 1. The van der Waals surface area contributed by atoms with E-state index in [-0.39, 0.29) is 51.7 Å². The lowest BCUT2D eigenvalue weighted by molar-refractivity contribution is -0.164. The molecule has 12 heteroatoms. The van der Waals surface area contributed by atoms with E-state index in [1.54, 1.807) is 30.3 Å². The van der Waals surface area contributed by atoms with Crippen LogP contribution in [0.2, 0.25) is 0 Å². The SMILES string of the molecule is COc1cc(OC2C(C)(C)C(NC(=O)c3ccc(N4CCC5(CC4)CN(C4CC(Oc6ccc(C(=O)O)c(OC)c6)C4)CCC5=O)cc3)C2(C)C)ccc1C#N. The summed E-state index contributed by atoms with van der Waals surface area (Å²) in [5.74, 6) is 1.14. The molecule has 2 aliphatic carbocycles. The zero-order chi connectivity index (χ0) is 40.0.